The second-order valence-electron chi connectivity index (χ2n) is 9.11. The van der Waals surface area contributed by atoms with Crippen LogP contribution in [0.25, 0.3) is 0 Å². The van der Waals surface area contributed by atoms with Crippen LogP contribution in [-0.4, -0.2) is 57.1 Å². The van der Waals surface area contributed by atoms with Gasteiger partial charge >= 0.3 is 0 Å². The van der Waals surface area contributed by atoms with Gasteiger partial charge in [0.25, 0.3) is 0 Å². The Morgan fingerprint density at radius 2 is 1.46 bits per heavy atom. The summed E-state index contributed by atoms with van der Waals surface area (Å²) < 4.78 is 0. The monoisotopic (exact) mass is 342 g/mol. The molecule has 0 saturated carbocycles. The predicted octanol–water partition coefficient (Wildman–Crippen LogP) is 1.39. The third-order valence-electron chi connectivity index (χ3n) is 5.36. The molecular formula is C19H34O5. The molecule has 0 amide bonds. The van der Waals surface area contributed by atoms with Gasteiger partial charge < -0.3 is 25.5 Å². The minimum Gasteiger partial charge on any atom is -0.395 e. The molecule has 1 rings (SSSR count). The Morgan fingerprint density at radius 1 is 1.00 bits per heavy atom. The van der Waals surface area contributed by atoms with Crippen molar-refractivity contribution in [3.63, 3.8) is 0 Å². The highest BCUT2D eigenvalue weighted by Crippen LogP contribution is 2.47. The Kier molecular flexibility index (Phi) is 6.12. The standard InChI is InChI=1S/C19H34O5/c1-16(2,3)14-9-19(24,17(4,5)6)8-7-13(14)15(23)18(10-20,11-21)12-22/h7-8,15,20-24H,9-12H2,1-6H3. The molecule has 0 heterocycles. The minimum atomic E-state index is -1.42. The molecule has 5 N–H and O–H groups in total. The second kappa shape index (κ2) is 6.89. The molecule has 1 aliphatic carbocycles. The molecule has 140 valence electrons. The SMILES string of the molecule is CC(C)(C)C1=C(C(O)C(CO)(CO)CO)C=CC(O)(C(C)(C)C)C1. The van der Waals surface area contributed by atoms with Crippen LogP contribution in [0.3, 0.4) is 0 Å². The topological polar surface area (TPSA) is 101 Å². The van der Waals surface area contributed by atoms with Gasteiger partial charge in [-0.2, -0.15) is 0 Å². The molecule has 0 aliphatic heterocycles. The van der Waals surface area contributed by atoms with Gasteiger partial charge in [0.1, 0.15) is 0 Å². The summed E-state index contributed by atoms with van der Waals surface area (Å²) in [5.41, 5.74) is -1.79. The average molecular weight is 342 g/mol. The molecule has 0 aromatic rings. The summed E-state index contributed by atoms with van der Waals surface area (Å²) in [5.74, 6) is 0. The smallest absolute Gasteiger partial charge is 0.0916 e. The van der Waals surface area contributed by atoms with Gasteiger partial charge in [0, 0.05) is 6.42 Å². The minimum absolute atomic E-state index is 0.327. The van der Waals surface area contributed by atoms with Crippen molar-refractivity contribution in [2.75, 3.05) is 19.8 Å². The van der Waals surface area contributed by atoms with Crippen LogP contribution in [0.5, 0.6) is 0 Å². The largest absolute Gasteiger partial charge is 0.395 e. The van der Waals surface area contributed by atoms with Gasteiger partial charge in [-0.05, 0) is 16.4 Å². The van der Waals surface area contributed by atoms with Crippen molar-refractivity contribution in [3.8, 4) is 0 Å². The molecule has 0 radical (unpaired) electrons. The normalized spacial score (nSPS) is 24.5. The van der Waals surface area contributed by atoms with E-state index in [1.54, 1.807) is 12.2 Å². The molecule has 0 bridgehead atoms. The summed E-state index contributed by atoms with van der Waals surface area (Å²) >= 11 is 0. The zero-order valence-electron chi connectivity index (χ0n) is 15.8. The van der Waals surface area contributed by atoms with Crippen molar-refractivity contribution < 1.29 is 25.5 Å². The van der Waals surface area contributed by atoms with Crippen molar-refractivity contribution in [2.24, 2.45) is 16.2 Å². The second-order valence-corrected chi connectivity index (χ2v) is 9.11. The van der Waals surface area contributed by atoms with Gasteiger partial charge in [0.05, 0.1) is 36.9 Å². The molecule has 0 saturated heterocycles. The Bertz CT molecular complexity index is 495. The van der Waals surface area contributed by atoms with Gasteiger partial charge in [0.2, 0.25) is 0 Å². The molecule has 24 heavy (non-hydrogen) atoms. The van der Waals surface area contributed by atoms with E-state index >= 15 is 0 Å². The fourth-order valence-electron chi connectivity index (χ4n) is 2.97. The van der Waals surface area contributed by atoms with Crippen molar-refractivity contribution >= 4 is 0 Å². The fourth-order valence-corrected chi connectivity index (χ4v) is 2.97. The molecule has 2 atom stereocenters. The summed E-state index contributed by atoms with van der Waals surface area (Å²) in [6, 6.07) is 0. The van der Waals surface area contributed by atoms with Crippen molar-refractivity contribution in [1.29, 1.82) is 0 Å². The third-order valence-corrected chi connectivity index (χ3v) is 5.36. The van der Waals surface area contributed by atoms with Crippen LogP contribution < -0.4 is 0 Å². The first-order valence-corrected chi connectivity index (χ1v) is 8.44. The van der Waals surface area contributed by atoms with Gasteiger partial charge in [-0.1, -0.05) is 59.3 Å². The summed E-state index contributed by atoms with van der Waals surface area (Å²) in [7, 11) is 0. The van der Waals surface area contributed by atoms with Crippen LogP contribution in [0.4, 0.5) is 0 Å². The van der Waals surface area contributed by atoms with Crippen LogP contribution in [-0.2, 0) is 0 Å². The molecular weight excluding hydrogens is 308 g/mol. The van der Waals surface area contributed by atoms with Gasteiger partial charge in [0.15, 0.2) is 0 Å². The molecule has 0 aromatic heterocycles. The summed E-state index contributed by atoms with van der Waals surface area (Å²) in [5, 5.41) is 50.8. The Hall–Kier alpha value is -0.720. The quantitative estimate of drug-likeness (QED) is 0.520. The molecule has 0 fully saturated rings. The zero-order chi connectivity index (χ0) is 19.0. The van der Waals surface area contributed by atoms with E-state index in [2.05, 4.69) is 0 Å². The lowest BCUT2D eigenvalue weighted by Crippen LogP contribution is -2.49. The first-order chi connectivity index (χ1) is 10.8. The van der Waals surface area contributed by atoms with E-state index in [-0.39, 0.29) is 5.41 Å². The summed E-state index contributed by atoms with van der Waals surface area (Å²) in [6.07, 6.45) is 2.47. The van der Waals surface area contributed by atoms with Crippen molar-refractivity contribution in [1.82, 2.24) is 0 Å². The lowest BCUT2D eigenvalue weighted by Gasteiger charge is -2.46. The lowest BCUT2D eigenvalue weighted by molar-refractivity contribution is -0.0691. The van der Waals surface area contributed by atoms with E-state index in [0.29, 0.717) is 12.0 Å². The molecule has 2 unspecified atom stereocenters. The van der Waals surface area contributed by atoms with E-state index in [9.17, 15) is 25.5 Å². The Morgan fingerprint density at radius 3 is 1.79 bits per heavy atom. The van der Waals surface area contributed by atoms with Gasteiger partial charge in [-0.15, -0.1) is 0 Å². The molecule has 5 nitrogen and oxygen atoms in total. The van der Waals surface area contributed by atoms with E-state index in [1.165, 1.54) is 0 Å². The maximum Gasteiger partial charge on any atom is 0.0916 e. The van der Waals surface area contributed by atoms with Crippen LogP contribution in [0.15, 0.2) is 23.3 Å². The summed E-state index contributed by atoms with van der Waals surface area (Å²) in [6.45, 7) is 10.2. The maximum atomic E-state index is 11.1. The fraction of sp³-hybridized carbons (Fsp3) is 0.789. The highest BCUT2D eigenvalue weighted by Gasteiger charge is 2.46. The number of hydrogen-bond acceptors (Lipinski definition) is 5. The first kappa shape index (κ1) is 21.3. The number of rotatable bonds is 5. The third kappa shape index (κ3) is 3.75. The van der Waals surface area contributed by atoms with E-state index in [0.717, 1.165) is 5.57 Å². The molecule has 0 aromatic carbocycles. The van der Waals surface area contributed by atoms with Crippen molar-refractivity contribution in [3.05, 3.63) is 23.3 Å². The average Bonchev–Trinajstić information content (AvgIpc) is 2.47. The van der Waals surface area contributed by atoms with Crippen LogP contribution in [0.1, 0.15) is 48.0 Å². The summed E-state index contributed by atoms with van der Waals surface area (Å²) in [4.78, 5) is 0. The molecule has 5 heteroatoms. The predicted molar refractivity (Wildman–Crippen MR) is 94.3 cm³/mol. The van der Waals surface area contributed by atoms with Crippen LogP contribution >= 0.6 is 0 Å². The molecule has 1 aliphatic rings. The molecule has 0 spiro atoms. The lowest BCUT2D eigenvalue weighted by atomic mass is 9.64. The van der Waals surface area contributed by atoms with Crippen LogP contribution in [0.2, 0.25) is 0 Å². The van der Waals surface area contributed by atoms with E-state index in [4.69, 9.17) is 0 Å². The highest BCUT2D eigenvalue weighted by molar-refractivity contribution is 5.41. The highest BCUT2D eigenvalue weighted by atomic mass is 16.3. The van der Waals surface area contributed by atoms with Gasteiger partial charge in [-0.3, -0.25) is 0 Å². The van der Waals surface area contributed by atoms with Crippen LogP contribution in [0, 0.1) is 16.2 Å². The number of aliphatic hydroxyl groups is 5. The first-order valence-electron chi connectivity index (χ1n) is 8.44. The Labute approximate surface area is 145 Å². The van der Waals surface area contributed by atoms with Crippen molar-refractivity contribution in [2.45, 2.75) is 59.7 Å². The number of hydrogen-bond donors (Lipinski definition) is 5. The van der Waals surface area contributed by atoms with Gasteiger partial charge in [-0.25, -0.2) is 0 Å². The van der Waals surface area contributed by atoms with E-state index < -0.39 is 42.4 Å². The Balaban J connectivity index is 3.46. The van der Waals surface area contributed by atoms with E-state index in [1.807, 2.05) is 41.5 Å². The number of aliphatic hydroxyl groups excluding tert-OH is 4. The maximum absolute atomic E-state index is 11.1. The zero-order valence-corrected chi connectivity index (χ0v) is 15.8.